The Kier molecular flexibility index (Phi) is 18.5. The van der Waals surface area contributed by atoms with Gasteiger partial charge in [-0.3, -0.25) is 0 Å². The van der Waals surface area contributed by atoms with Crippen LogP contribution in [0.25, 0.3) is 12.2 Å². The molecule has 0 aliphatic carbocycles. The van der Waals surface area contributed by atoms with Gasteiger partial charge in [-0.2, -0.15) is 0 Å². The molecule has 0 bridgehead atoms. The molecule has 0 heterocycles. The molecule has 0 aliphatic rings. The second-order valence-corrected chi connectivity index (χ2v) is 13.5. The lowest BCUT2D eigenvalue weighted by Gasteiger charge is -2.12. The van der Waals surface area contributed by atoms with E-state index < -0.39 is 15.3 Å². The van der Waals surface area contributed by atoms with Crippen LogP contribution in [-0.4, -0.2) is 25.6 Å². The van der Waals surface area contributed by atoms with Gasteiger partial charge in [0.05, 0.1) is 11.5 Å². The average Bonchev–Trinajstić information content (AvgIpc) is 2.99. The normalized spacial score (nSPS) is 12.7. The van der Waals surface area contributed by atoms with Crippen LogP contribution in [0, 0.1) is 0 Å². The molecule has 2 rings (SSSR count). The number of ether oxygens (including phenoxy) is 1. The molecule has 5 heteroatoms. The van der Waals surface area contributed by atoms with Crippen LogP contribution in [-0.2, 0) is 9.84 Å². The Morgan fingerprint density at radius 1 is 0.610 bits per heavy atom. The average molecular weight is 585 g/mol. The molecule has 4 nitrogen and oxygen atoms in total. The number of benzene rings is 2. The van der Waals surface area contributed by atoms with E-state index in [1.807, 2.05) is 36.4 Å². The van der Waals surface area contributed by atoms with Crippen LogP contribution in [0.5, 0.6) is 5.75 Å². The quantitative estimate of drug-likeness (QED) is 0.0984. The molecule has 0 saturated carbocycles. The number of hydrogen-bond acceptors (Lipinski definition) is 4. The molecule has 2 aromatic rings. The molecular weight excluding hydrogens is 528 g/mol. The van der Waals surface area contributed by atoms with Gasteiger partial charge in [0.2, 0.25) is 9.84 Å². The monoisotopic (exact) mass is 584 g/mol. The maximum Gasteiger partial charge on any atom is 0.204 e. The Balaban J connectivity index is 1.64. The fourth-order valence-electron chi connectivity index (χ4n) is 5.00. The first-order valence-corrected chi connectivity index (χ1v) is 17.9. The van der Waals surface area contributed by atoms with Gasteiger partial charge in [0, 0.05) is 0 Å². The maximum absolute atomic E-state index is 12.7. The van der Waals surface area contributed by atoms with Crippen LogP contribution in [0.1, 0.15) is 141 Å². The van der Waals surface area contributed by atoms with Gasteiger partial charge in [0.15, 0.2) is 5.44 Å². The van der Waals surface area contributed by atoms with Crippen molar-refractivity contribution in [1.29, 1.82) is 0 Å². The van der Waals surface area contributed by atoms with Crippen molar-refractivity contribution < 1.29 is 18.3 Å². The van der Waals surface area contributed by atoms with Crippen LogP contribution < -0.4 is 4.74 Å². The molecule has 0 amide bonds. The highest BCUT2D eigenvalue weighted by Gasteiger charge is 2.24. The third-order valence-electron chi connectivity index (χ3n) is 7.74. The second kappa shape index (κ2) is 21.6. The molecule has 0 radical (unpaired) electrons. The summed E-state index contributed by atoms with van der Waals surface area (Å²) in [6.45, 7) is 5.17. The Labute approximate surface area is 251 Å². The van der Waals surface area contributed by atoms with Gasteiger partial charge in [-0.1, -0.05) is 147 Å². The number of sulfone groups is 1. The zero-order valence-electron chi connectivity index (χ0n) is 25.9. The van der Waals surface area contributed by atoms with Crippen molar-refractivity contribution in [2.75, 3.05) is 6.61 Å². The first-order chi connectivity index (χ1) is 20.0. The van der Waals surface area contributed by atoms with E-state index in [0.29, 0.717) is 0 Å². The largest absolute Gasteiger partial charge is 0.494 e. The minimum absolute atomic E-state index is 0.172. The molecule has 0 aromatic heterocycles. The summed E-state index contributed by atoms with van der Waals surface area (Å²) in [5, 5.41) is 10.3. The fraction of sp³-hybridized carbons (Fsp3) is 0.611. The number of hydrogen-bond donors (Lipinski definition) is 1. The lowest BCUT2D eigenvalue weighted by atomic mass is 10.1. The molecule has 0 fully saturated rings. The summed E-state index contributed by atoms with van der Waals surface area (Å²) in [4.78, 5) is 0.172. The summed E-state index contributed by atoms with van der Waals surface area (Å²) < 4.78 is 31.3. The Bertz CT molecular complexity index is 1040. The SMILES string of the molecule is CCCCCCCCCCCCCCOc1ccc(C=Cc2ccc(S(=O)(=O)C(O)CCCCCCC)cc2)cc1. The van der Waals surface area contributed by atoms with E-state index in [2.05, 4.69) is 13.8 Å². The summed E-state index contributed by atoms with van der Waals surface area (Å²) in [5.74, 6) is 0.892. The summed E-state index contributed by atoms with van der Waals surface area (Å²) in [6.07, 6.45) is 25.4. The van der Waals surface area contributed by atoms with Gasteiger partial charge in [-0.15, -0.1) is 0 Å². The van der Waals surface area contributed by atoms with E-state index in [4.69, 9.17) is 4.74 Å². The Hall–Kier alpha value is -2.11. The van der Waals surface area contributed by atoms with E-state index in [1.54, 1.807) is 24.3 Å². The minimum Gasteiger partial charge on any atom is -0.494 e. The highest BCUT2D eigenvalue weighted by Crippen LogP contribution is 2.21. The molecule has 0 saturated heterocycles. The minimum atomic E-state index is -3.72. The predicted molar refractivity (Wildman–Crippen MR) is 175 cm³/mol. The van der Waals surface area contributed by atoms with Gasteiger partial charge in [-0.25, -0.2) is 8.42 Å². The number of rotatable bonds is 24. The van der Waals surface area contributed by atoms with Crippen LogP contribution in [0.4, 0.5) is 0 Å². The smallest absolute Gasteiger partial charge is 0.204 e. The lowest BCUT2D eigenvalue weighted by Crippen LogP contribution is -2.20. The maximum atomic E-state index is 12.7. The number of unbranched alkanes of at least 4 members (excludes halogenated alkanes) is 15. The van der Waals surface area contributed by atoms with Crippen molar-refractivity contribution in [3.63, 3.8) is 0 Å². The molecule has 230 valence electrons. The van der Waals surface area contributed by atoms with Gasteiger partial charge >= 0.3 is 0 Å². The van der Waals surface area contributed by atoms with E-state index >= 15 is 0 Å². The van der Waals surface area contributed by atoms with Crippen LogP contribution in [0.15, 0.2) is 53.4 Å². The standard InChI is InChI=1S/C36H56O4S/c1-3-5-7-9-10-11-12-13-14-15-17-19-31-40-34-27-23-32(24-28-34)21-22-33-25-29-35(30-26-33)41(38,39)36(37)20-18-16-8-6-4-2/h21-30,36-37H,3-20,31H2,1-2H3. The molecule has 1 unspecified atom stereocenters. The van der Waals surface area contributed by atoms with Gasteiger partial charge in [0.1, 0.15) is 5.75 Å². The first-order valence-electron chi connectivity index (χ1n) is 16.4. The van der Waals surface area contributed by atoms with Crippen LogP contribution in [0.2, 0.25) is 0 Å². The zero-order chi connectivity index (χ0) is 29.6. The van der Waals surface area contributed by atoms with Gasteiger partial charge in [0.25, 0.3) is 0 Å². The third kappa shape index (κ3) is 15.1. The van der Waals surface area contributed by atoms with E-state index in [1.165, 1.54) is 70.6 Å². The third-order valence-corrected chi connectivity index (χ3v) is 9.62. The Morgan fingerprint density at radius 2 is 1.02 bits per heavy atom. The van der Waals surface area contributed by atoms with Crippen molar-refractivity contribution in [3.05, 3.63) is 59.7 Å². The topological polar surface area (TPSA) is 63.6 Å². The fourth-order valence-corrected chi connectivity index (χ4v) is 6.31. The van der Waals surface area contributed by atoms with E-state index in [9.17, 15) is 13.5 Å². The molecule has 2 aromatic carbocycles. The molecule has 1 N–H and O–H groups in total. The van der Waals surface area contributed by atoms with Crippen LogP contribution >= 0.6 is 0 Å². The van der Waals surface area contributed by atoms with E-state index in [0.717, 1.165) is 62.0 Å². The first kappa shape index (κ1) is 35.1. The molecule has 1 atom stereocenters. The van der Waals surface area contributed by atoms with Crippen molar-refractivity contribution >= 4 is 22.0 Å². The van der Waals surface area contributed by atoms with Crippen LogP contribution in [0.3, 0.4) is 0 Å². The van der Waals surface area contributed by atoms with Gasteiger partial charge in [-0.05, 0) is 54.7 Å². The highest BCUT2D eigenvalue weighted by atomic mass is 32.2. The number of aliphatic hydroxyl groups is 1. The summed E-state index contributed by atoms with van der Waals surface area (Å²) >= 11 is 0. The van der Waals surface area contributed by atoms with Crippen molar-refractivity contribution in [2.45, 2.75) is 140 Å². The highest BCUT2D eigenvalue weighted by molar-refractivity contribution is 7.91. The molecule has 0 spiro atoms. The second-order valence-electron chi connectivity index (χ2n) is 11.4. The summed E-state index contributed by atoms with van der Waals surface area (Å²) in [5.41, 5.74) is 0.620. The summed E-state index contributed by atoms with van der Waals surface area (Å²) in [7, 11) is -3.72. The lowest BCUT2D eigenvalue weighted by molar-refractivity contribution is 0.233. The number of aliphatic hydroxyl groups excluding tert-OH is 1. The molecule has 0 aliphatic heterocycles. The summed E-state index contributed by atoms with van der Waals surface area (Å²) in [6, 6.07) is 14.8. The predicted octanol–water partition coefficient (Wildman–Crippen LogP) is 10.4. The van der Waals surface area contributed by atoms with Crippen molar-refractivity contribution in [1.82, 2.24) is 0 Å². The molecule has 41 heavy (non-hydrogen) atoms. The van der Waals surface area contributed by atoms with Crippen molar-refractivity contribution in [3.8, 4) is 5.75 Å². The van der Waals surface area contributed by atoms with E-state index in [-0.39, 0.29) is 11.3 Å². The Morgan fingerprint density at radius 3 is 1.51 bits per heavy atom. The van der Waals surface area contributed by atoms with Gasteiger partial charge < -0.3 is 9.84 Å². The molecular formula is C36H56O4S. The van der Waals surface area contributed by atoms with Crippen molar-refractivity contribution in [2.24, 2.45) is 0 Å². The zero-order valence-corrected chi connectivity index (χ0v) is 26.7.